The number of likely N-dealkylation sites (tertiary alicyclic amines) is 1. The molecule has 2 amide bonds. The van der Waals surface area contributed by atoms with Crippen LogP contribution in [0.2, 0.25) is 0 Å². The highest BCUT2D eigenvalue weighted by Crippen LogP contribution is 2.32. The Labute approximate surface area is 125 Å². The lowest BCUT2D eigenvalue weighted by atomic mass is 9.87. The number of hydrogen-bond donors (Lipinski definition) is 2. The average molecular weight is 286 g/mol. The molecule has 1 aromatic carbocycles. The third kappa shape index (κ3) is 2.42. The Hall–Kier alpha value is -1.88. The maximum atomic E-state index is 12.0. The summed E-state index contributed by atoms with van der Waals surface area (Å²) in [6, 6.07) is 10.3. The summed E-state index contributed by atoms with van der Waals surface area (Å²) < 4.78 is 0. The Balaban J connectivity index is 1.79. The van der Waals surface area contributed by atoms with Gasteiger partial charge in [0, 0.05) is 19.6 Å². The van der Waals surface area contributed by atoms with Crippen LogP contribution in [0.5, 0.6) is 0 Å². The molecule has 1 aromatic rings. The van der Waals surface area contributed by atoms with E-state index in [0.29, 0.717) is 12.4 Å². The fourth-order valence-electron chi connectivity index (χ4n) is 3.59. The second-order valence-electron chi connectivity index (χ2n) is 5.88. The zero-order valence-electron chi connectivity index (χ0n) is 12.4. The van der Waals surface area contributed by atoms with Crippen molar-refractivity contribution in [2.45, 2.75) is 31.8 Å². The number of urea groups is 1. The van der Waals surface area contributed by atoms with Crippen molar-refractivity contribution in [3.05, 3.63) is 35.9 Å². The Morgan fingerprint density at radius 1 is 1.33 bits per heavy atom. The van der Waals surface area contributed by atoms with Gasteiger partial charge < -0.3 is 4.90 Å². The van der Waals surface area contributed by atoms with Crippen LogP contribution >= 0.6 is 0 Å². The molecule has 1 atom stereocenters. The maximum absolute atomic E-state index is 12.0. The molecule has 2 heterocycles. The second kappa shape index (κ2) is 5.48. The van der Waals surface area contributed by atoms with Crippen molar-refractivity contribution in [2.24, 2.45) is 0 Å². The molecule has 0 bridgehead atoms. The molecule has 1 spiro atoms. The first-order chi connectivity index (χ1) is 10.2. The summed E-state index contributed by atoms with van der Waals surface area (Å²) in [6.07, 6.45) is 1.89. The van der Waals surface area contributed by atoms with Gasteiger partial charge in [0.1, 0.15) is 11.4 Å². The minimum atomic E-state index is -0.446. The molecular weight excluding hydrogens is 264 g/mol. The van der Waals surface area contributed by atoms with E-state index in [-0.39, 0.29) is 6.03 Å². The smallest absolute Gasteiger partial charge is 0.311 e. The molecule has 2 aliphatic heterocycles. The van der Waals surface area contributed by atoms with Crippen LogP contribution in [0.3, 0.4) is 0 Å². The molecule has 2 saturated heterocycles. The molecule has 3 rings (SSSR count). The highest BCUT2D eigenvalue weighted by atomic mass is 16.2. The van der Waals surface area contributed by atoms with Crippen molar-refractivity contribution in [3.8, 4) is 0 Å². The molecule has 0 saturated carbocycles. The Kier molecular flexibility index (Phi) is 3.68. The van der Waals surface area contributed by atoms with Gasteiger partial charge in [-0.2, -0.15) is 0 Å². The van der Waals surface area contributed by atoms with Crippen LogP contribution in [0.1, 0.15) is 25.3 Å². The van der Waals surface area contributed by atoms with E-state index in [2.05, 4.69) is 34.5 Å². The van der Waals surface area contributed by atoms with Crippen molar-refractivity contribution in [2.75, 3.05) is 19.6 Å². The number of nitrogens with zero attached hydrogens (tertiary/aromatic N) is 2. The van der Waals surface area contributed by atoms with Gasteiger partial charge in [-0.25, -0.2) is 4.79 Å². The predicted octanol–water partition coefficient (Wildman–Crippen LogP) is 2.04. The van der Waals surface area contributed by atoms with Gasteiger partial charge in [-0.05, 0) is 31.9 Å². The number of piperidine rings is 1. The highest BCUT2D eigenvalue weighted by Gasteiger charge is 2.51. The number of amides is 2. The molecule has 112 valence electrons. The second-order valence-corrected chi connectivity index (χ2v) is 5.88. The third-order valence-corrected chi connectivity index (χ3v) is 4.57. The van der Waals surface area contributed by atoms with E-state index in [1.807, 2.05) is 17.9 Å². The van der Waals surface area contributed by atoms with Gasteiger partial charge in [0.2, 0.25) is 0 Å². The van der Waals surface area contributed by atoms with Crippen LogP contribution in [-0.4, -0.2) is 46.8 Å². The van der Waals surface area contributed by atoms with Crippen LogP contribution in [0.15, 0.2) is 30.3 Å². The van der Waals surface area contributed by atoms with Crippen molar-refractivity contribution < 1.29 is 4.79 Å². The lowest BCUT2D eigenvalue weighted by molar-refractivity contribution is 0.0910. The SMILES string of the molecule is CCN1C(=O)NC(=N)C12CCCN(Cc1ccccc1)C2. The van der Waals surface area contributed by atoms with Crippen LogP contribution in [0.25, 0.3) is 0 Å². The summed E-state index contributed by atoms with van der Waals surface area (Å²) >= 11 is 0. The van der Waals surface area contributed by atoms with E-state index in [9.17, 15) is 4.79 Å². The fourth-order valence-corrected chi connectivity index (χ4v) is 3.59. The number of carbonyl (C=O) groups excluding carboxylic acids is 1. The van der Waals surface area contributed by atoms with Gasteiger partial charge in [0.25, 0.3) is 0 Å². The normalized spacial score (nSPS) is 26.4. The highest BCUT2D eigenvalue weighted by molar-refractivity contribution is 6.08. The molecule has 0 radical (unpaired) electrons. The van der Waals surface area contributed by atoms with Gasteiger partial charge in [0.15, 0.2) is 0 Å². The van der Waals surface area contributed by atoms with E-state index in [1.54, 1.807) is 0 Å². The first kappa shape index (κ1) is 14.1. The number of rotatable bonds is 3. The molecule has 5 nitrogen and oxygen atoms in total. The van der Waals surface area contributed by atoms with Gasteiger partial charge in [-0.15, -0.1) is 0 Å². The van der Waals surface area contributed by atoms with E-state index in [0.717, 1.165) is 32.5 Å². The molecule has 0 aliphatic carbocycles. The number of amidine groups is 1. The lowest BCUT2D eigenvalue weighted by Crippen LogP contribution is -2.59. The maximum Gasteiger partial charge on any atom is 0.323 e. The molecule has 2 N–H and O–H groups in total. The number of hydrogen-bond acceptors (Lipinski definition) is 3. The Morgan fingerprint density at radius 3 is 2.81 bits per heavy atom. The molecule has 5 heteroatoms. The van der Waals surface area contributed by atoms with Crippen LogP contribution in [0.4, 0.5) is 4.79 Å². The third-order valence-electron chi connectivity index (χ3n) is 4.57. The average Bonchev–Trinajstić information content (AvgIpc) is 2.70. The summed E-state index contributed by atoms with van der Waals surface area (Å²) in [5.74, 6) is 0.368. The van der Waals surface area contributed by atoms with Gasteiger partial charge in [-0.1, -0.05) is 30.3 Å². The first-order valence-corrected chi connectivity index (χ1v) is 7.59. The fraction of sp³-hybridized carbons (Fsp3) is 0.500. The van der Waals surface area contributed by atoms with Crippen LogP contribution < -0.4 is 5.32 Å². The summed E-state index contributed by atoms with van der Waals surface area (Å²) in [5, 5.41) is 10.9. The van der Waals surface area contributed by atoms with E-state index >= 15 is 0 Å². The number of likely N-dealkylation sites (N-methyl/N-ethyl adjacent to an activating group) is 1. The molecule has 1 unspecified atom stereocenters. The quantitative estimate of drug-likeness (QED) is 0.893. The standard InChI is InChI=1S/C16H22N4O/c1-2-20-15(21)18-14(17)16(20)9-6-10-19(12-16)11-13-7-4-3-5-8-13/h3-5,7-8H,2,6,9-12H2,1H3,(H2,17,18,21). The first-order valence-electron chi connectivity index (χ1n) is 7.59. The zero-order chi connectivity index (χ0) is 14.9. The predicted molar refractivity (Wildman–Crippen MR) is 82.3 cm³/mol. The molecule has 2 aliphatic rings. The molecule has 21 heavy (non-hydrogen) atoms. The summed E-state index contributed by atoms with van der Waals surface area (Å²) in [6.45, 7) is 5.27. The van der Waals surface area contributed by atoms with Gasteiger partial charge in [-0.3, -0.25) is 15.6 Å². The van der Waals surface area contributed by atoms with Crippen molar-refractivity contribution in [3.63, 3.8) is 0 Å². The largest absolute Gasteiger partial charge is 0.323 e. The summed E-state index contributed by atoms with van der Waals surface area (Å²) in [4.78, 5) is 16.2. The zero-order valence-corrected chi connectivity index (χ0v) is 12.4. The van der Waals surface area contributed by atoms with Gasteiger partial charge in [0.05, 0.1) is 0 Å². The lowest BCUT2D eigenvalue weighted by Gasteiger charge is -2.44. The van der Waals surface area contributed by atoms with Crippen LogP contribution in [-0.2, 0) is 6.54 Å². The van der Waals surface area contributed by atoms with Crippen LogP contribution in [0, 0.1) is 5.41 Å². The molecular formula is C16H22N4O. The van der Waals surface area contributed by atoms with E-state index in [4.69, 9.17) is 5.41 Å². The van der Waals surface area contributed by atoms with Crippen molar-refractivity contribution in [1.29, 1.82) is 5.41 Å². The Morgan fingerprint density at radius 2 is 2.10 bits per heavy atom. The minimum absolute atomic E-state index is 0.121. The molecule has 0 aromatic heterocycles. The minimum Gasteiger partial charge on any atom is -0.311 e. The monoisotopic (exact) mass is 286 g/mol. The summed E-state index contributed by atoms with van der Waals surface area (Å²) in [7, 11) is 0. The van der Waals surface area contributed by atoms with E-state index in [1.165, 1.54) is 5.56 Å². The van der Waals surface area contributed by atoms with Gasteiger partial charge >= 0.3 is 6.03 Å². The summed E-state index contributed by atoms with van der Waals surface area (Å²) in [5.41, 5.74) is 0.834. The topological polar surface area (TPSA) is 59.4 Å². The van der Waals surface area contributed by atoms with Crippen molar-refractivity contribution in [1.82, 2.24) is 15.1 Å². The molecule has 2 fully saturated rings. The number of nitrogens with one attached hydrogen (secondary N) is 2. The Bertz CT molecular complexity index is 544. The number of carbonyl (C=O) groups is 1. The van der Waals surface area contributed by atoms with E-state index < -0.39 is 5.54 Å². The number of benzene rings is 1. The van der Waals surface area contributed by atoms with Crippen molar-refractivity contribution >= 4 is 11.9 Å².